The van der Waals surface area contributed by atoms with Gasteiger partial charge in [-0.2, -0.15) is 0 Å². The van der Waals surface area contributed by atoms with E-state index < -0.39 is 0 Å². The van der Waals surface area contributed by atoms with E-state index in [1.165, 1.54) is 38.2 Å². The van der Waals surface area contributed by atoms with E-state index in [0.717, 1.165) is 12.0 Å². The minimum atomic E-state index is -0.163. The summed E-state index contributed by atoms with van der Waals surface area (Å²) in [5, 5.41) is 3.37. The summed E-state index contributed by atoms with van der Waals surface area (Å²) < 4.78 is 19.1. The van der Waals surface area contributed by atoms with Gasteiger partial charge in [0.1, 0.15) is 5.82 Å². The molecule has 1 aliphatic rings. The molecule has 1 aromatic rings. The van der Waals surface area contributed by atoms with E-state index in [1.54, 1.807) is 19.2 Å². The second-order valence-electron chi connectivity index (χ2n) is 5.83. The zero-order valence-electron chi connectivity index (χ0n) is 12.6. The number of rotatable bonds is 6. The summed E-state index contributed by atoms with van der Waals surface area (Å²) in [5.41, 5.74) is 1.03. The summed E-state index contributed by atoms with van der Waals surface area (Å²) in [5.74, 6) is 0.462. The van der Waals surface area contributed by atoms with Crippen molar-refractivity contribution < 1.29 is 9.13 Å². The average Bonchev–Trinajstić information content (AvgIpc) is 2.48. The highest BCUT2D eigenvalue weighted by Crippen LogP contribution is 2.30. The van der Waals surface area contributed by atoms with Crippen LogP contribution in [0.1, 0.15) is 37.7 Å². The van der Waals surface area contributed by atoms with E-state index in [0.29, 0.717) is 5.92 Å². The standard InChI is InChI=1S/C17H26FNO/c1-19-16(12-13-7-6-10-15(18)11-13)17(20-2)14-8-4-3-5-9-14/h6-7,10-11,14,16-17,19H,3-5,8-9,12H2,1-2H3. The molecule has 3 heteroatoms. The maximum absolute atomic E-state index is 13.3. The van der Waals surface area contributed by atoms with Crippen LogP contribution in [-0.4, -0.2) is 26.3 Å². The molecular weight excluding hydrogens is 253 g/mol. The van der Waals surface area contributed by atoms with Crippen molar-refractivity contribution in [2.45, 2.75) is 50.7 Å². The summed E-state index contributed by atoms with van der Waals surface area (Å²) >= 11 is 0. The van der Waals surface area contributed by atoms with Gasteiger partial charge in [-0.25, -0.2) is 4.39 Å². The van der Waals surface area contributed by atoms with Crippen molar-refractivity contribution in [3.63, 3.8) is 0 Å². The highest BCUT2D eigenvalue weighted by molar-refractivity contribution is 5.18. The largest absolute Gasteiger partial charge is 0.380 e. The SMILES string of the molecule is CNC(Cc1cccc(F)c1)C(OC)C1CCCCC1. The molecule has 1 fully saturated rings. The van der Waals surface area contributed by atoms with Gasteiger partial charge < -0.3 is 10.1 Å². The van der Waals surface area contributed by atoms with Crippen LogP contribution in [0.5, 0.6) is 0 Å². The molecule has 0 aromatic heterocycles. The Morgan fingerprint density at radius 1 is 1.30 bits per heavy atom. The molecule has 2 unspecified atom stereocenters. The number of ether oxygens (including phenoxy) is 1. The van der Waals surface area contributed by atoms with Crippen molar-refractivity contribution in [2.24, 2.45) is 5.92 Å². The van der Waals surface area contributed by atoms with Crippen LogP contribution >= 0.6 is 0 Å². The van der Waals surface area contributed by atoms with Crippen molar-refractivity contribution in [1.82, 2.24) is 5.32 Å². The minimum Gasteiger partial charge on any atom is -0.380 e. The molecule has 112 valence electrons. The smallest absolute Gasteiger partial charge is 0.123 e. The van der Waals surface area contributed by atoms with Gasteiger partial charge in [-0.15, -0.1) is 0 Å². The first-order valence-corrected chi connectivity index (χ1v) is 7.69. The predicted molar refractivity (Wildman–Crippen MR) is 80.3 cm³/mol. The van der Waals surface area contributed by atoms with Gasteiger partial charge in [-0.3, -0.25) is 0 Å². The first-order valence-electron chi connectivity index (χ1n) is 7.69. The van der Waals surface area contributed by atoms with Crippen LogP contribution in [0.15, 0.2) is 24.3 Å². The van der Waals surface area contributed by atoms with Gasteiger partial charge in [0.05, 0.1) is 6.10 Å². The summed E-state index contributed by atoms with van der Waals surface area (Å²) in [7, 11) is 3.77. The normalized spacial score (nSPS) is 19.8. The van der Waals surface area contributed by atoms with E-state index in [1.807, 2.05) is 13.1 Å². The lowest BCUT2D eigenvalue weighted by molar-refractivity contribution is 0.0101. The summed E-state index contributed by atoms with van der Waals surface area (Å²) in [6.07, 6.45) is 7.48. The minimum absolute atomic E-state index is 0.163. The Morgan fingerprint density at radius 2 is 2.05 bits per heavy atom. The maximum atomic E-state index is 13.3. The topological polar surface area (TPSA) is 21.3 Å². The monoisotopic (exact) mass is 279 g/mol. The molecule has 0 bridgehead atoms. The lowest BCUT2D eigenvalue weighted by Gasteiger charge is -2.35. The molecule has 1 aromatic carbocycles. The van der Waals surface area contributed by atoms with Crippen LogP contribution < -0.4 is 5.32 Å². The average molecular weight is 279 g/mol. The van der Waals surface area contributed by atoms with Gasteiger partial charge in [0, 0.05) is 13.2 Å². The zero-order valence-corrected chi connectivity index (χ0v) is 12.6. The molecule has 0 amide bonds. The van der Waals surface area contributed by atoms with Gasteiger partial charge in [-0.05, 0) is 49.9 Å². The predicted octanol–water partition coefficient (Wildman–Crippen LogP) is 3.55. The maximum Gasteiger partial charge on any atom is 0.123 e. The molecule has 0 saturated heterocycles. The molecule has 0 aliphatic heterocycles. The lowest BCUT2D eigenvalue weighted by atomic mass is 9.81. The van der Waals surface area contributed by atoms with Crippen LogP contribution in [0.25, 0.3) is 0 Å². The Balaban J connectivity index is 2.04. The Kier molecular flexibility index (Phi) is 5.99. The summed E-state index contributed by atoms with van der Waals surface area (Å²) in [6, 6.07) is 7.12. The van der Waals surface area contributed by atoms with E-state index in [4.69, 9.17) is 4.74 Å². The molecule has 1 saturated carbocycles. The summed E-state index contributed by atoms with van der Waals surface area (Å²) in [6.45, 7) is 0. The number of halogens is 1. The number of methoxy groups -OCH3 is 1. The van der Waals surface area contributed by atoms with Crippen molar-refractivity contribution in [3.8, 4) is 0 Å². The number of hydrogen-bond acceptors (Lipinski definition) is 2. The fourth-order valence-corrected chi connectivity index (χ4v) is 3.45. The van der Waals surface area contributed by atoms with Crippen LogP contribution in [0.3, 0.4) is 0 Å². The molecular formula is C17H26FNO. The third-order valence-electron chi connectivity index (χ3n) is 4.50. The number of likely N-dealkylation sites (N-methyl/N-ethyl adjacent to an activating group) is 1. The van der Waals surface area contributed by atoms with Crippen LogP contribution in [0, 0.1) is 11.7 Å². The van der Waals surface area contributed by atoms with Crippen molar-refractivity contribution in [2.75, 3.05) is 14.2 Å². The van der Waals surface area contributed by atoms with Crippen molar-refractivity contribution >= 4 is 0 Å². The van der Waals surface area contributed by atoms with E-state index in [9.17, 15) is 4.39 Å². The second kappa shape index (κ2) is 7.75. The third kappa shape index (κ3) is 4.03. The first-order chi connectivity index (χ1) is 9.74. The molecule has 20 heavy (non-hydrogen) atoms. The molecule has 1 aliphatic carbocycles. The summed E-state index contributed by atoms with van der Waals surface area (Å²) in [4.78, 5) is 0. The van der Waals surface area contributed by atoms with Crippen molar-refractivity contribution in [1.29, 1.82) is 0 Å². The lowest BCUT2D eigenvalue weighted by Crippen LogP contribution is -2.45. The molecule has 1 N–H and O–H groups in total. The van der Waals surface area contributed by atoms with Crippen LogP contribution in [-0.2, 0) is 11.2 Å². The van der Waals surface area contributed by atoms with Gasteiger partial charge in [0.25, 0.3) is 0 Å². The van der Waals surface area contributed by atoms with Gasteiger partial charge in [0.2, 0.25) is 0 Å². The molecule has 0 heterocycles. The molecule has 0 radical (unpaired) electrons. The number of benzene rings is 1. The van der Waals surface area contributed by atoms with Gasteiger partial charge in [0.15, 0.2) is 0 Å². The van der Waals surface area contributed by atoms with Crippen LogP contribution in [0.2, 0.25) is 0 Å². The Bertz CT molecular complexity index is 404. The second-order valence-corrected chi connectivity index (χ2v) is 5.83. The Labute approximate surface area is 121 Å². The van der Waals surface area contributed by atoms with Crippen LogP contribution in [0.4, 0.5) is 4.39 Å². The zero-order chi connectivity index (χ0) is 14.4. The molecule has 2 nitrogen and oxygen atoms in total. The Hall–Kier alpha value is -0.930. The molecule has 0 spiro atoms. The first kappa shape index (κ1) is 15.5. The number of nitrogens with one attached hydrogen (secondary N) is 1. The molecule has 2 atom stereocenters. The highest BCUT2D eigenvalue weighted by Gasteiger charge is 2.29. The van der Waals surface area contributed by atoms with E-state index >= 15 is 0 Å². The van der Waals surface area contributed by atoms with E-state index in [2.05, 4.69) is 5.32 Å². The third-order valence-corrected chi connectivity index (χ3v) is 4.50. The van der Waals surface area contributed by atoms with E-state index in [-0.39, 0.29) is 18.0 Å². The fourth-order valence-electron chi connectivity index (χ4n) is 3.45. The number of hydrogen-bond donors (Lipinski definition) is 1. The fraction of sp³-hybridized carbons (Fsp3) is 0.647. The van der Waals surface area contributed by atoms with Gasteiger partial charge in [-0.1, -0.05) is 31.4 Å². The van der Waals surface area contributed by atoms with Crippen molar-refractivity contribution in [3.05, 3.63) is 35.6 Å². The highest BCUT2D eigenvalue weighted by atomic mass is 19.1. The quantitative estimate of drug-likeness (QED) is 0.860. The van der Waals surface area contributed by atoms with Gasteiger partial charge >= 0.3 is 0 Å². The Morgan fingerprint density at radius 3 is 2.65 bits per heavy atom. The molecule has 2 rings (SSSR count).